The van der Waals surface area contributed by atoms with Gasteiger partial charge >= 0.3 is 0 Å². The molecule has 3 atom stereocenters. The summed E-state index contributed by atoms with van der Waals surface area (Å²) < 4.78 is 6.77. The van der Waals surface area contributed by atoms with E-state index in [9.17, 15) is 0 Å². The van der Waals surface area contributed by atoms with Gasteiger partial charge in [0, 0.05) is 23.2 Å². The second kappa shape index (κ2) is 10.6. The summed E-state index contributed by atoms with van der Waals surface area (Å²) in [4.78, 5) is -0.0355. The van der Waals surface area contributed by atoms with E-state index in [1.165, 1.54) is 75.3 Å². The van der Waals surface area contributed by atoms with Gasteiger partial charge in [-0.15, -0.1) is 11.8 Å². The third kappa shape index (κ3) is 4.76. The van der Waals surface area contributed by atoms with E-state index >= 15 is 0 Å². The lowest BCUT2D eigenvalue weighted by molar-refractivity contribution is 0.0301. The Labute approximate surface area is 194 Å². The predicted molar refractivity (Wildman–Crippen MR) is 135 cm³/mol. The quantitative estimate of drug-likeness (QED) is 0.326. The van der Waals surface area contributed by atoms with Gasteiger partial charge in [0.25, 0.3) is 0 Å². The molecule has 0 bridgehead atoms. The molecule has 2 aromatic carbocycles. The Bertz CT molecular complexity index is 737. The van der Waals surface area contributed by atoms with Crippen molar-refractivity contribution in [3.8, 4) is 0 Å². The molecule has 2 aliphatic rings. The number of ether oxygens (including phenoxy) is 1. The first kappa shape index (κ1) is 22.9. The monoisotopic (exact) mass is 436 g/mol. The average Bonchev–Trinajstić information content (AvgIpc) is 3.30. The maximum absolute atomic E-state index is 6.77. The molecule has 1 saturated heterocycles. The van der Waals surface area contributed by atoms with E-state index in [0.29, 0.717) is 11.2 Å². The van der Waals surface area contributed by atoms with Gasteiger partial charge in [0.1, 0.15) is 4.93 Å². The van der Waals surface area contributed by atoms with Crippen molar-refractivity contribution in [3.63, 3.8) is 0 Å². The van der Waals surface area contributed by atoms with E-state index in [1.807, 2.05) is 0 Å². The molecule has 31 heavy (non-hydrogen) atoms. The van der Waals surface area contributed by atoms with E-state index in [2.05, 4.69) is 86.3 Å². The predicted octanol–water partition coefficient (Wildman–Crippen LogP) is 8.59. The number of hydrogen-bond acceptors (Lipinski definition) is 2. The maximum atomic E-state index is 6.77. The van der Waals surface area contributed by atoms with Gasteiger partial charge in [-0.05, 0) is 43.2 Å². The SMILES string of the molecule is CCCCCCCC(C)SC12CCCC1(C(c1ccccc1)c1ccccc1)CCO2. The zero-order valence-electron chi connectivity index (χ0n) is 19.5. The fourth-order valence-corrected chi connectivity index (χ4v) is 8.17. The largest absolute Gasteiger partial charge is 0.364 e. The second-order valence-electron chi connectivity index (χ2n) is 9.75. The average molecular weight is 437 g/mol. The van der Waals surface area contributed by atoms with E-state index < -0.39 is 0 Å². The number of fused-ring (bicyclic) bond motifs is 1. The molecular formula is C29H40OS. The molecule has 1 aliphatic heterocycles. The van der Waals surface area contributed by atoms with Crippen LogP contribution in [0.15, 0.2) is 60.7 Å². The first-order chi connectivity index (χ1) is 15.2. The van der Waals surface area contributed by atoms with Gasteiger partial charge in [0.05, 0.1) is 0 Å². The summed E-state index contributed by atoms with van der Waals surface area (Å²) in [5, 5.41) is 0.657. The Balaban J connectivity index is 1.60. The van der Waals surface area contributed by atoms with Gasteiger partial charge < -0.3 is 4.74 Å². The Kier molecular flexibility index (Phi) is 7.82. The molecule has 168 valence electrons. The summed E-state index contributed by atoms with van der Waals surface area (Å²) in [5.41, 5.74) is 3.10. The van der Waals surface area contributed by atoms with Crippen LogP contribution in [0.4, 0.5) is 0 Å². The van der Waals surface area contributed by atoms with Gasteiger partial charge in [0.15, 0.2) is 0 Å². The van der Waals surface area contributed by atoms with Crippen LogP contribution in [0.2, 0.25) is 0 Å². The number of thioether (sulfide) groups is 1. The third-order valence-electron chi connectivity index (χ3n) is 7.69. The van der Waals surface area contributed by atoms with E-state index in [1.54, 1.807) is 0 Å². The zero-order chi connectivity index (χ0) is 21.6. The highest BCUT2D eigenvalue weighted by Gasteiger charge is 2.63. The Morgan fingerprint density at radius 1 is 0.839 bits per heavy atom. The molecule has 2 heteroatoms. The highest BCUT2D eigenvalue weighted by Crippen LogP contribution is 2.68. The van der Waals surface area contributed by atoms with Crippen molar-refractivity contribution >= 4 is 11.8 Å². The van der Waals surface area contributed by atoms with Crippen LogP contribution in [0.1, 0.15) is 95.1 Å². The van der Waals surface area contributed by atoms with Gasteiger partial charge in [0.2, 0.25) is 0 Å². The molecule has 1 saturated carbocycles. The van der Waals surface area contributed by atoms with Crippen LogP contribution < -0.4 is 0 Å². The van der Waals surface area contributed by atoms with E-state index in [-0.39, 0.29) is 10.3 Å². The van der Waals surface area contributed by atoms with Crippen LogP contribution in [-0.4, -0.2) is 16.8 Å². The summed E-state index contributed by atoms with van der Waals surface area (Å²) in [6.07, 6.45) is 13.1. The van der Waals surface area contributed by atoms with Gasteiger partial charge in [-0.25, -0.2) is 0 Å². The minimum absolute atomic E-state index is 0.0355. The van der Waals surface area contributed by atoms with Crippen molar-refractivity contribution in [2.45, 2.75) is 94.2 Å². The first-order valence-corrected chi connectivity index (χ1v) is 13.5. The zero-order valence-corrected chi connectivity index (χ0v) is 20.3. The van der Waals surface area contributed by atoms with Crippen LogP contribution in [0.5, 0.6) is 0 Å². The van der Waals surface area contributed by atoms with Crippen molar-refractivity contribution in [3.05, 3.63) is 71.8 Å². The van der Waals surface area contributed by atoms with Crippen molar-refractivity contribution < 1.29 is 4.74 Å². The molecular weight excluding hydrogens is 396 g/mol. The Hall–Kier alpha value is -1.25. The van der Waals surface area contributed by atoms with Crippen molar-refractivity contribution in [1.29, 1.82) is 0 Å². The Morgan fingerprint density at radius 2 is 1.48 bits per heavy atom. The number of benzene rings is 2. The topological polar surface area (TPSA) is 9.23 Å². The normalized spacial score (nSPS) is 26.3. The number of rotatable bonds is 11. The van der Waals surface area contributed by atoms with E-state index in [4.69, 9.17) is 4.74 Å². The van der Waals surface area contributed by atoms with Gasteiger partial charge in [-0.1, -0.05) is 107 Å². The number of unbranched alkanes of at least 4 members (excludes halogenated alkanes) is 4. The van der Waals surface area contributed by atoms with E-state index in [0.717, 1.165) is 6.61 Å². The minimum atomic E-state index is -0.0355. The summed E-state index contributed by atoms with van der Waals surface area (Å²) in [7, 11) is 0. The summed E-state index contributed by atoms with van der Waals surface area (Å²) >= 11 is 2.18. The minimum Gasteiger partial charge on any atom is -0.364 e. The standard InChI is InChI=1S/C29H40OS/c1-3-4-5-6-9-15-24(2)31-29-21-14-20-28(29,22-23-30-29)27(25-16-10-7-11-17-25)26-18-12-8-13-19-26/h7-8,10-13,16-19,24,27H,3-6,9,14-15,20-23H2,1-2H3. The summed E-state index contributed by atoms with van der Waals surface area (Å²) in [5.74, 6) is 0.407. The fourth-order valence-electron chi connectivity index (χ4n) is 6.26. The smallest absolute Gasteiger partial charge is 0.120 e. The highest BCUT2D eigenvalue weighted by atomic mass is 32.2. The van der Waals surface area contributed by atoms with Crippen LogP contribution in [-0.2, 0) is 4.74 Å². The molecule has 2 aromatic rings. The molecule has 0 spiro atoms. The van der Waals surface area contributed by atoms with Crippen LogP contribution in [0, 0.1) is 5.41 Å². The molecule has 1 aliphatic carbocycles. The number of hydrogen-bond donors (Lipinski definition) is 0. The summed E-state index contributed by atoms with van der Waals surface area (Å²) in [6.45, 7) is 5.65. The maximum Gasteiger partial charge on any atom is 0.120 e. The molecule has 0 aromatic heterocycles. The molecule has 2 fully saturated rings. The Morgan fingerprint density at radius 3 is 2.13 bits per heavy atom. The molecule has 0 N–H and O–H groups in total. The van der Waals surface area contributed by atoms with Crippen molar-refractivity contribution in [2.24, 2.45) is 5.41 Å². The van der Waals surface area contributed by atoms with Crippen molar-refractivity contribution in [1.82, 2.24) is 0 Å². The summed E-state index contributed by atoms with van der Waals surface area (Å²) in [6, 6.07) is 22.5. The molecule has 4 rings (SSSR count). The molecule has 1 heterocycles. The lowest BCUT2D eigenvalue weighted by Crippen LogP contribution is -2.43. The van der Waals surface area contributed by atoms with Crippen LogP contribution in [0.3, 0.4) is 0 Å². The van der Waals surface area contributed by atoms with Gasteiger partial charge in [-0.2, -0.15) is 0 Å². The fraction of sp³-hybridized carbons (Fsp3) is 0.586. The third-order valence-corrected chi connectivity index (χ3v) is 9.44. The molecule has 3 unspecified atom stereocenters. The second-order valence-corrected chi connectivity index (χ2v) is 11.4. The molecule has 0 radical (unpaired) electrons. The molecule has 0 amide bonds. The van der Waals surface area contributed by atoms with Gasteiger partial charge in [-0.3, -0.25) is 0 Å². The molecule has 1 nitrogen and oxygen atoms in total. The van der Waals surface area contributed by atoms with Crippen LogP contribution >= 0.6 is 11.8 Å². The highest BCUT2D eigenvalue weighted by molar-refractivity contribution is 8.01. The lowest BCUT2D eigenvalue weighted by atomic mass is 9.65. The lowest BCUT2D eigenvalue weighted by Gasteiger charge is -2.46. The van der Waals surface area contributed by atoms with Crippen molar-refractivity contribution in [2.75, 3.05) is 6.61 Å². The van der Waals surface area contributed by atoms with Crippen LogP contribution in [0.25, 0.3) is 0 Å². The first-order valence-electron chi connectivity index (χ1n) is 12.6.